The van der Waals surface area contributed by atoms with Crippen LogP contribution in [-0.2, 0) is 4.74 Å². The first-order chi connectivity index (χ1) is 8.12. The molecule has 0 aromatic heterocycles. The third kappa shape index (κ3) is 3.36. The normalized spacial score (nSPS) is 22.3. The number of amides is 1. The maximum Gasteiger partial charge on any atom is 0.408 e. The van der Waals surface area contributed by atoms with Gasteiger partial charge in [0.2, 0.25) is 0 Å². The Labute approximate surface area is 109 Å². The molecule has 1 aliphatic rings. The van der Waals surface area contributed by atoms with Gasteiger partial charge in [-0.2, -0.15) is 0 Å². The molecule has 0 saturated heterocycles. The molecule has 0 spiro atoms. The van der Waals surface area contributed by atoms with Crippen LogP contribution < -0.4 is 11.1 Å². The standard InChI is InChI=1S/C13H26N2O3/c1-11(2,3)18-10(16)15-13(7-5-6-8-13)12(4,17)9-14/h17H,5-9,14H2,1-4H3,(H,15,16). The van der Waals surface area contributed by atoms with E-state index >= 15 is 0 Å². The van der Waals surface area contributed by atoms with E-state index in [0.717, 1.165) is 25.7 Å². The molecule has 1 aliphatic carbocycles. The Bertz CT molecular complexity index is 302. The Morgan fingerprint density at radius 3 is 2.22 bits per heavy atom. The molecule has 106 valence electrons. The lowest BCUT2D eigenvalue weighted by atomic mass is 9.79. The Balaban J connectivity index is 2.79. The number of hydrogen-bond acceptors (Lipinski definition) is 4. The average molecular weight is 258 g/mol. The third-order valence-corrected chi connectivity index (χ3v) is 3.63. The summed E-state index contributed by atoms with van der Waals surface area (Å²) in [7, 11) is 0. The predicted molar refractivity (Wildman–Crippen MR) is 70.2 cm³/mol. The zero-order valence-corrected chi connectivity index (χ0v) is 11.9. The molecule has 0 aliphatic heterocycles. The van der Waals surface area contributed by atoms with Gasteiger partial charge in [-0.3, -0.25) is 0 Å². The molecule has 0 aromatic carbocycles. The molecule has 1 saturated carbocycles. The van der Waals surface area contributed by atoms with Gasteiger partial charge >= 0.3 is 6.09 Å². The van der Waals surface area contributed by atoms with Crippen molar-refractivity contribution in [2.45, 2.75) is 70.1 Å². The number of alkyl carbamates (subject to hydrolysis) is 1. The van der Waals surface area contributed by atoms with E-state index in [9.17, 15) is 9.90 Å². The first-order valence-corrected chi connectivity index (χ1v) is 6.55. The van der Waals surface area contributed by atoms with Crippen molar-refractivity contribution < 1.29 is 14.6 Å². The van der Waals surface area contributed by atoms with Gasteiger partial charge in [-0.1, -0.05) is 12.8 Å². The first kappa shape index (κ1) is 15.2. The van der Waals surface area contributed by atoms with E-state index in [2.05, 4.69) is 5.32 Å². The largest absolute Gasteiger partial charge is 0.444 e. The highest BCUT2D eigenvalue weighted by atomic mass is 16.6. The fourth-order valence-electron chi connectivity index (χ4n) is 2.47. The number of aliphatic hydroxyl groups is 1. The van der Waals surface area contributed by atoms with E-state index in [-0.39, 0.29) is 6.54 Å². The molecular formula is C13H26N2O3. The van der Waals surface area contributed by atoms with E-state index in [0.29, 0.717) is 0 Å². The van der Waals surface area contributed by atoms with E-state index < -0.39 is 22.8 Å². The highest BCUT2D eigenvalue weighted by Gasteiger charge is 2.49. The minimum absolute atomic E-state index is 0.114. The van der Waals surface area contributed by atoms with Gasteiger partial charge in [-0.15, -0.1) is 0 Å². The predicted octanol–water partition coefficient (Wildman–Crippen LogP) is 1.53. The van der Waals surface area contributed by atoms with Gasteiger partial charge in [0.25, 0.3) is 0 Å². The quantitative estimate of drug-likeness (QED) is 0.716. The van der Waals surface area contributed by atoms with Gasteiger partial charge in [0.15, 0.2) is 0 Å². The van der Waals surface area contributed by atoms with Crippen molar-refractivity contribution >= 4 is 6.09 Å². The van der Waals surface area contributed by atoms with Crippen molar-refractivity contribution in [3.63, 3.8) is 0 Å². The van der Waals surface area contributed by atoms with E-state index in [1.54, 1.807) is 6.92 Å². The van der Waals surface area contributed by atoms with Crippen molar-refractivity contribution in [3.8, 4) is 0 Å². The van der Waals surface area contributed by atoms with Gasteiger partial charge in [0.05, 0.1) is 11.1 Å². The Kier molecular flexibility index (Phi) is 4.28. The smallest absolute Gasteiger partial charge is 0.408 e. The Hall–Kier alpha value is -0.810. The van der Waals surface area contributed by atoms with Gasteiger partial charge in [-0.25, -0.2) is 4.79 Å². The van der Waals surface area contributed by atoms with Crippen LogP contribution >= 0.6 is 0 Å². The summed E-state index contributed by atoms with van der Waals surface area (Å²) in [6.07, 6.45) is 2.93. The lowest BCUT2D eigenvalue weighted by Gasteiger charge is -2.42. The minimum atomic E-state index is -1.11. The maximum atomic E-state index is 11.9. The summed E-state index contributed by atoms with van der Waals surface area (Å²) in [6.45, 7) is 7.23. The number of nitrogens with one attached hydrogen (secondary N) is 1. The van der Waals surface area contributed by atoms with Crippen molar-refractivity contribution in [2.75, 3.05) is 6.54 Å². The molecular weight excluding hydrogens is 232 g/mol. The molecule has 1 fully saturated rings. The molecule has 5 nitrogen and oxygen atoms in total. The zero-order valence-electron chi connectivity index (χ0n) is 11.9. The minimum Gasteiger partial charge on any atom is -0.444 e. The maximum absolute atomic E-state index is 11.9. The number of nitrogens with two attached hydrogens (primary N) is 1. The number of carbonyl (C=O) groups is 1. The van der Waals surface area contributed by atoms with Crippen molar-refractivity contribution in [1.29, 1.82) is 0 Å². The van der Waals surface area contributed by atoms with Crippen LogP contribution in [0.5, 0.6) is 0 Å². The van der Waals surface area contributed by atoms with Crippen molar-refractivity contribution in [2.24, 2.45) is 5.73 Å². The lowest BCUT2D eigenvalue weighted by molar-refractivity contribution is -0.0343. The summed E-state index contributed by atoms with van der Waals surface area (Å²) in [4.78, 5) is 11.9. The van der Waals surface area contributed by atoms with Crippen molar-refractivity contribution in [3.05, 3.63) is 0 Å². The van der Waals surface area contributed by atoms with Crippen LogP contribution in [0.2, 0.25) is 0 Å². The average Bonchev–Trinajstić information content (AvgIpc) is 2.64. The summed E-state index contributed by atoms with van der Waals surface area (Å²) in [5, 5.41) is 13.3. The molecule has 0 heterocycles. The molecule has 18 heavy (non-hydrogen) atoms. The Morgan fingerprint density at radius 1 is 1.33 bits per heavy atom. The van der Waals surface area contributed by atoms with Crippen LogP contribution in [0.25, 0.3) is 0 Å². The van der Waals surface area contributed by atoms with Gasteiger partial charge in [0.1, 0.15) is 5.60 Å². The van der Waals surface area contributed by atoms with Crippen LogP contribution in [0.1, 0.15) is 53.4 Å². The third-order valence-electron chi connectivity index (χ3n) is 3.63. The fourth-order valence-corrected chi connectivity index (χ4v) is 2.47. The van der Waals surface area contributed by atoms with Crippen LogP contribution in [0.3, 0.4) is 0 Å². The summed E-state index contributed by atoms with van der Waals surface area (Å²) < 4.78 is 5.26. The molecule has 1 rings (SSSR count). The van der Waals surface area contributed by atoms with Gasteiger partial charge in [0, 0.05) is 6.54 Å². The monoisotopic (exact) mass is 258 g/mol. The van der Waals surface area contributed by atoms with E-state index in [1.165, 1.54) is 0 Å². The number of hydrogen-bond donors (Lipinski definition) is 3. The lowest BCUT2D eigenvalue weighted by Crippen LogP contribution is -2.64. The molecule has 5 heteroatoms. The van der Waals surface area contributed by atoms with Crippen molar-refractivity contribution in [1.82, 2.24) is 5.32 Å². The molecule has 4 N–H and O–H groups in total. The SMILES string of the molecule is CC(C)(C)OC(=O)NC1(C(C)(O)CN)CCCC1. The molecule has 0 aromatic rings. The van der Waals surface area contributed by atoms with E-state index in [1.807, 2.05) is 20.8 Å². The second kappa shape index (κ2) is 5.05. The van der Waals surface area contributed by atoms with Crippen LogP contribution in [0, 0.1) is 0 Å². The summed E-state index contributed by atoms with van der Waals surface area (Å²) in [6, 6.07) is 0. The molecule has 1 amide bonds. The highest BCUT2D eigenvalue weighted by molar-refractivity contribution is 5.69. The fraction of sp³-hybridized carbons (Fsp3) is 0.923. The van der Waals surface area contributed by atoms with Crippen LogP contribution in [0.15, 0.2) is 0 Å². The first-order valence-electron chi connectivity index (χ1n) is 6.55. The summed E-state index contributed by atoms with van der Waals surface area (Å²) >= 11 is 0. The topological polar surface area (TPSA) is 84.6 Å². The zero-order chi connectivity index (χ0) is 14.0. The number of ether oxygens (including phenoxy) is 1. The molecule has 0 bridgehead atoms. The van der Waals surface area contributed by atoms with E-state index in [4.69, 9.17) is 10.5 Å². The van der Waals surface area contributed by atoms with Crippen LogP contribution in [0.4, 0.5) is 4.79 Å². The second-order valence-corrected chi connectivity index (χ2v) is 6.39. The van der Waals surface area contributed by atoms with Crippen LogP contribution in [-0.4, -0.2) is 34.5 Å². The molecule has 1 unspecified atom stereocenters. The molecule has 1 atom stereocenters. The molecule has 0 radical (unpaired) electrons. The summed E-state index contributed by atoms with van der Waals surface area (Å²) in [5.74, 6) is 0. The number of rotatable bonds is 3. The van der Waals surface area contributed by atoms with Gasteiger partial charge < -0.3 is 20.9 Å². The number of carbonyl (C=O) groups excluding carboxylic acids is 1. The second-order valence-electron chi connectivity index (χ2n) is 6.39. The summed E-state index contributed by atoms with van der Waals surface area (Å²) in [5.41, 5.74) is 3.32. The Morgan fingerprint density at radius 2 is 1.83 bits per heavy atom. The highest BCUT2D eigenvalue weighted by Crippen LogP contribution is 2.38. The van der Waals surface area contributed by atoms with Gasteiger partial charge in [-0.05, 0) is 40.5 Å².